The number of benzene rings is 2. The van der Waals surface area contributed by atoms with Crippen LogP contribution in [-0.2, 0) is 15.6 Å². The lowest BCUT2D eigenvalue weighted by molar-refractivity contribution is 0.0537. The van der Waals surface area contributed by atoms with Gasteiger partial charge in [-0.2, -0.15) is 9.29 Å². The average Bonchev–Trinajstić information content (AvgIpc) is 2.99. The van der Waals surface area contributed by atoms with Crippen LogP contribution in [0.1, 0.15) is 36.0 Å². The van der Waals surface area contributed by atoms with Crippen molar-refractivity contribution in [3.8, 4) is 11.6 Å². The average molecular weight is 623 g/mol. The second-order valence-corrected chi connectivity index (χ2v) is 14.1. The van der Waals surface area contributed by atoms with Crippen molar-refractivity contribution in [2.45, 2.75) is 49.6 Å². The first kappa shape index (κ1) is 32.2. The van der Waals surface area contributed by atoms with Crippen molar-refractivity contribution in [1.29, 1.82) is 0 Å². The maximum absolute atomic E-state index is 13.3. The number of hydrogen-bond acceptors (Lipinski definition) is 9. The highest BCUT2D eigenvalue weighted by Gasteiger charge is 2.40. The molecule has 0 atom stereocenters. The first-order valence-electron chi connectivity index (χ1n) is 15.3. The van der Waals surface area contributed by atoms with Gasteiger partial charge < -0.3 is 19.3 Å². The van der Waals surface area contributed by atoms with Crippen LogP contribution >= 0.6 is 0 Å². The number of rotatable bonds is 12. The molecular formula is C33H46N6O4S. The smallest absolute Gasteiger partial charge is 0.243 e. The summed E-state index contributed by atoms with van der Waals surface area (Å²) < 4.78 is 39.5. The van der Waals surface area contributed by atoms with Gasteiger partial charge in [0.1, 0.15) is 11.9 Å². The number of aromatic nitrogens is 2. The lowest BCUT2D eigenvalue weighted by atomic mass is 9.80. The van der Waals surface area contributed by atoms with Crippen LogP contribution in [0.2, 0.25) is 0 Å². The summed E-state index contributed by atoms with van der Waals surface area (Å²) in [6, 6.07) is 16.1. The molecule has 44 heavy (non-hydrogen) atoms. The molecule has 2 fully saturated rings. The fourth-order valence-electron chi connectivity index (χ4n) is 6.51. The zero-order valence-corrected chi connectivity index (χ0v) is 27.7. The standard InChI is InChI=1S/C33H46N6O4S/c1-25-21-28(42-6)22-26(2)31(25)44(40,41)39-23-29(24-39)43-30-13-16-34-32(35-30)37(5)17-10-18-38-19-14-33(15-20-38,36(3)4)27-11-8-7-9-12-27/h7-9,11-13,16,21-22,29H,10,14-15,17-20,23-24H2,1-6H3. The molecule has 1 aromatic heterocycles. The summed E-state index contributed by atoms with van der Waals surface area (Å²) in [5, 5.41) is 0. The van der Waals surface area contributed by atoms with Gasteiger partial charge in [-0.25, -0.2) is 13.4 Å². The summed E-state index contributed by atoms with van der Waals surface area (Å²) in [6.45, 7) is 8.14. The van der Waals surface area contributed by atoms with E-state index in [1.54, 1.807) is 45.4 Å². The van der Waals surface area contributed by atoms with Gasteiger partial charge in [-0.3, -0.25) is 4.90 Å². The molecule has 0 N–H and O–H groups in total. The Morgan fingerprint density at radius 1 is 1.00 bits per heavy atom. The molecule has 3 aromatic rings. The highest BCUT2D eigenvalue weighted by atomic mass is 32.2. The molecule has 10 nitrogen and oxygen atoms in total. The summed E-state index contributed by atoms with van der Waals surface area (Å²) in [4.78, 5) is 16.4. The van der Waals surface area contributed by atoms with E-state index in [1.165, 1.54) is 9.87 Å². The molecule has 0 radical (unpaired) electrons. The van der Waals surface area contributed by atoms with Crippen LogP contribution in [0.4, 0.5) is 5.95 Å². The van der Waals surface area contributed by atoms with Crippen molar-refractivity contribution in [1.82, 2.24) is 24.1 Å². The van der Waals surface area contributed by atoms with Crippen LogP contribution < -0.4 is 14.4 Å². The van der Waals surface area contributed by atoms with Gasteiger partial charge in [0, 0.05) is 44.5 Å². The Labute approximate surface area is 262 Å². The number of nitrogens with zero attached hydrogens (tertiary/aromatic N) is 6. The van der Waals surface area contributed by atoms with E-state index in [-0.39, 0.29) is 24.7 Å². The summed E-state index contributed by atoms with van der Waals surface area (Å²) in [5.41, 5.74) is 2.84. The van der Waals surface area contributed by atoms with E-state index in [0.29, 0.717) is 33.6 Å². The highest BCUT2D eigenvalue weighted by molar-refractivity contribution is 7.89. The number of aryl methyl sites for hydroxylation is 2. The molecular weight excluding hydrogens is 576 g/mol. The Hall–Kier alpha value is -3.25. The first-order chi connectivity index (χ1) is 21.0. The normalized spacial score (nSPS) is 17.8. The molecule has 2 saturated heterocycles. The van der Waals surface area contributed by atoms with E-state index in [4.69, 9.17) is 9.47 Å². The minimum atomic E-state index is -3.63. The molecule has 0 bridgehead atoms. The first-order valence-corrected chi connectivity index (χ1v) is 16.8. The van der Waals surface area contributed by atoms with E-state index in [0.717, 1.165) is 45.4 Å². The van der Waals surface area contributed by atoms with Crippen molar-refractivity contribution in [2.75, 3.05) is 72.4 Å². The molecule has 0 saturated carbocycles. The fraction of sp³-hybridized carbons (Fsp3) is 0.515. The molecule has 3 heterocycles. The van der Waals surface area contributed by atoms with Crippen molar-refractivity contribution in [2.24, 2.45) is 0 Å². The number of sulfonamides is 1. The van der Waals surface area contributed by atoms with Gasteiger partial charge in [-0.05, 0) is 82.6 Å². The maximum Gasteiger partial charge on any atom is 0.243 e. The second kappa shape index (κ2) is 13.4. The third-order valence-electron chi connectivity index (χ3n) is 9.15. The topological polar surface area (TPSA) is 91.3 Å². The van der Waals surface area contributed by atoms with Gasteiger partial charge in [0.2, 0.25) is 21.9 Å². The van der Waals surface area contributed by atoms with Crippen molar-refractivity contribution in [3.05, 3.63) is 71.4 Å². The number of hydrogen-bond donors (Lipinski definition) is 0. The minimum absolute atomic E-state index is 0.0953. The predicted octanol–water partition coefficient (Wildman–Crippen LogP) is 3.93. The Morgan fingerprint density at radius 3 is 2.27 bits per heavy atom. The molecule has 11 heteroatoms. The lowest BCUT2D eigenvalue weighted by Gasteiger charge is -2.46. The SMILES string of the molecule is COc1cc(C)c(S(=O)(=O)N2CC(Oc3ccnc(N(C)CCCN4CCC(c5ccccc5)(N(C)C)CC4)n3)C2)c(C)c1. The summed E-state index contributed by atoms with van der Waals surface area (Å²) >= 11 is 0. The van der Waals surface area contributed by atoms with Gasteiger partial charge >= 0.3 is 0 Å². The van der Waals surface area contributed by atoms with Crippen LogP contribution in [0.3, 0.4) is 0 Å². The fourth-order valence-corrected chi connectivity index (χ4v) is 8.42. The molecule has 0 unspecified atom stereocenters. The van der Waals surface area contributed by atoms with E-state index in [1.807, 2.05) is 7.05 Å². The third kappa shape index (κ3) is 6.71. The Morgan fingerprint density at radius 2 is 1.66 bits per heavy atom. The molecule has 2 aliphatic rings. The molecule has 0 amide bonds. The Kier molecular flexibility index (Phi) is 9.79. The van der Waals surface area contributed by atoms with Crippen LogP contribution in [0, 0.1) is 13.8 Å². The minimum Gasteiger partial charge on any atom is -0.497 e. The second-order valence-electron chi connectivity index (χ2n) is 12.3. The van der Waals surface area contributed by atoms with Crippen molar-refractivity contribution < 1.29 is 17.9 Å². The number of ether oxygens (including phenoxy) is 2. The lowest BCUT2D eigenvalue weighted by Crippen LogP contribution is -2.56. The molecule has 238 valence electrons. The van der Waals surface area contributed by atoms with E-state index < -0.39 is 10.0 Å². The van der Waals surface area contributed by atoms with Crippen LogP contribution in [-0.4, -0.2) is 106 Å². The largest absolute Gasteiger partial charge is 0.497 e. The summed E-state index contributed by atoms with van der Waals surface area (Å²) in [5.74, 6) is 1.71. The van der Waals surface area contributed by atoms with Crippen LogP contribution in [0.15, 0.2) is 59.6 Å². The van der Waals surface area contributed by atoms with Gasteiger partial charge in [-0.15, -0.1) is 0 Å². The number of anilines is 1. The van der Waals surface area contributed by atoms with E-state index in [2.05, 4.69) is 69.1 Å². The van der Waals surface area contributed by atoms with Crippen molar-refractivity contribution >= 4 is 16.0 Å². The van der Waals surface area contributed by atoms with Gasteiger partial charge in [0.15, 0.2) is 0 Å². The third-order valence-corrected chi connectivity index (χ3v) is 11.3. The summed E-state index contributed by atoms with van der Waals surface area (Å²) in [6.07, 6.45) is 4.66. The van der Waals surface area contributed by atoms with Crippen LogP contribution in [0.5, 0.6) is 11.6 Å². The molecule has 5 rings (SSSR count). The van der Waals surface area contributed by atoms with E-state index >= 15 is 0 Å². The molecule has 0 aliphatic carbocycles. The maximum atomic E-state index is 13.3. The van der Waals surface area contributed by atoms with Crippen LogP contribution in [0.25, 0.3) is 0 Å². The number of piperidine rings is 1. The molecule has 2 aromatic carbocycles. The van der Waals surface area contributed by atoms with Crippen molar-refractivity contribution in [3.63, 3.8) is 0 Å². The highest BCUT2D eigenvalue weighted by Crippen LogP contribution is 2.37. The molecule has 2 aliphatic heterocycles. The number of methoxy groups -OCH3 is 1. The summed E-state index contributed by atoms with van der Waals surface area (Å²) in [7, 11) is 4.34. The molecule has 0 spiro atoms. The number of likely N-dealkylation sites (tertiary alicyclic amines) is 1. The Balaban J connectivity index is 1.09. The zero-order valence-electron chi connectivity index (χ0n) is 26.9. The van der Waals surface area contributed by atoms with Gasteiger partial charge in [-0.1, -0.05) is 30.3 Å². The monoisotopic (exact) mass is 622 g/mol. The van der Waals surface area contributed by atoms with E-state index in [9.17, 15) is 8.42 Å². The quantitative estimate of drug-likeness (QED) is 0.298. The predicted molar refractivity (Wildman–Crippen MR) is 173 cm³/mol. The Bertz CT molecular complexity index is 1500. The van der Waals surface area contributed by atoms with Gasteiger partial charge in [0.25, 0.3) is 0 Å². The zero-order chi connectivity index (χ0) is 31.5. The van der Waals surface area contributed by atoms with Gasteiger partial charge in [0.05, 0.1) is 25.1 Å².